The Morgan fingerprint density at radius 2 is 1.87 bits per heavy atom. The van der Waals surface area contributed by atoms with Gasteiger partial charge in [0, 0.05) is 16.5 Å². The van der Waals surface area contributed by atoms with E-state index in [1.165, 1.54) is 11.3 Å². The number of carbonyl (C=O) groups is 2. The number of Topliss-reactive ketones (excluding diaryl/α,β-unsaturated/α-hetero) is 1. The SMILES string of the molecule is CCOc1ccc(/C(O)=C2/C(=O)C(=O)N(c3ccc(F)cc3F)C2c2cccs2)cc1. The second-order valence-corrected chi connectivity index (χ2v) is 7.72. The second-order valence-electron chi connectivity index (χ2n) is 6.74. The van der Waals surface area contributed by atoms with Gasteiger partial charge in [-0.25, -0.2) is 8.78 Å². The maximum Gasteiger partial charge on any atom is 0.300 e. The number of thiophene rings is 1. The fourth-order valence-corrected chi connectivity index (χ4v) is 4.33. The Labute approximate surface area is 180 Å². The number of rotatable bonds is 5. The van der Waals surface area contributed by atoms with Crippen LogP contribution in [0.15, 0.2) is 65.6 Å². The molecule has 158 valence electrons. The number of ether oxygens (including phenoxy) is 1. The number of benzene rings is 2. The summed E-state index contributed by atoms with van der Waals surface area (Å²) in [5.74, 6) is -3.54. The summed E-state index contributed by atoms with van der Waals surface area (Å²) in [6.45, 7) is 2.31. The molecule has 4 rings (SSSR count). The number of ketones is 1. The van der Waals surface area contributed by atoms with E-state index < -0.39 is 29.4 Å². The standard InChI is InChI=1S/C23H17F2NO4S/c1-2-30-15-8-5-13(6-9-15)21(27)19-20(18-4-3-11-31-18)26(23(29)22(19)28)17-10-7-14(24)12-16(17)25/h3-12,20,27H,2H2,1H3/b21-19-. The average molecular weight is 441 g/mol. The second kappa shape index (κ2) is 8.31. The van der Waals surface area contributed by atoms with Gasteiger partial charge < -0.3 is 9.84 Å². The fraction of sp³-hybridized carbons (Fsp3) is 0.130. The lowest BCUT2D eigenvalue weighted by Crippen LogP contribution is -2.30. The zero-order valence-corrected chi connectivity index (χ0v) is 17.2. The van der Waals surface area contributed by atoms with E-state index in [-0.39, 0.29) is 17.0 Å². The first-order valence-corrected chi connectivity index (χ1v) is 10.3. The van der Waals surface area contributed by atoms with Crippen LogP contribution in [0.4, 0.5) is 14.5 Å². The van der Waals surface area contributed by atoms with E-state index in [1.54, 1.807) is 41.8 Å². The first kappa shape index (κ1) is 20.7. The van der Waals surface area contributed by atoms with Gasteiger partial charge in [-0.2, -0.15) is 0 Å². The molecule has 1 unspecified atom stereocenters. The molecule has 0 spiro atoms. The van der Waals surface area contributed by atoms with Crippen molar-refractivity contribution in [3.8, 4) is 5.75 Å². The van der Waals surface area contributed by atoms with Gasteiger partial charge >= 0.3 is 0 Å². The van der Waals surface area contributed by atoms with E-state index in [9.17, 15) is 23.5 Å². The highest BCUT2D eigenvalue weighted by atomic mass is 32.1. The molecule has 0 aliphatic carbocycles. The topological polar surface area (TPSA) is 66.8 Å². The molecule has 8 heteroatoms. The lowest BCUT2D eigenvalue weighted by molar-refractivity contribution is -0.132. The molecule has 1 atom stereocenters. The molecule has 2 heterocycles. The van der Waals surface area contributed by atoms with Crippen LogP contribution in [-0.4, -0.2) is 23.4 Å². The van der Waals surface area contributed by atoms with E-state index in [4.69, 9.17) is 4.74 Å². The number of amides is 1. The van der Waals surface area contributed by atoms with Crippen molar-refractivity contribution < 1.29 is 28.2 Å². The van der Waals surface area contributed by atoms with Crippen molar-refractivity contribution in [3.63, 3.8) is 0 Å². The fourth-order valence-electron chi connectivity index (χ4n) is 3.50. The Bertz CT molecular complexity index is 1170. The average Bonchev–Trinajstić information content (AvgIpc) is 3.36. The molecule has 2 aromatic carbocycles. The van der Waals surface area contributed by atoms with Crippen LogP contribution in [0.3, 0.4) is 0 Å². The molecule has 1 N–H and O–H groups in total. The lowest BCUT2D eigenvalue weighted by Gasteiger charge is -2.24. The van der Waals surface area contributed by atoms with Crippen molar-refractivity contribution in [2.45, 2.75) is 13.0 Å². The molecule has 3 aromatic rings. The van der Waals surface area contributed by atoms with Gasteiger partial charge in [-0.05, 0) is 54.8 Å². The maximum atomic E-state index is 14.6. The number of hydrogen-bond donors (Lipinski definition) is 1. The third kappa shape index (κ3) is 3.70. The molecule has 0 bridgehead atoms. The van der Waals surface area contributed by atoms with Gasteiger partial charge in [0.05, 0.1) is 17.9 Å². The Balaban J connectivity index is 1.87. The van der Waals surface area contributed by atoms with E-state index >= 15 is 0 Å². The van der Waals surface area contributed by atoms with Crippen LogP contribution in [0.2, 0.25) is 0 Å². The number of anilines is 1. The largest absolute Gasteiger partial charge is 0.507 e. The molecule has 1 fully saturated rings. The van der Waals surface area contributed by atoms with Crippen molar-refractivity contribution in [3.05, 3.63) is 87.6 Å². The first-order chi connectivity index (χ1) is 14.9. The van der Waals surface area contributed by atoms with Crippen molar-refractivity contribution >= 4 is 34.5 Å². The highest BCUT2D eigenvalue weighted by Gasteiger charge is 2.48. The van der Waals surface area contributed by atoms with Crippen LogP contribution in [0.5, 0.6) is 5.75 Å². The van der Waals surface area contributed by atoms with Crippen LogP contribution >= 0.6 is 11.3 Å². The van der Waals surface area contributed by atoms with Gasteiger partial charge in [0.2, 0.25) is 0 Å². The number of aliphatic hydroxyl groups excluding tert-OH is 1. The van der Waals surface area contributed by atoms with E-state index in [0.717, 1.165) is 17.0 Å². The van der Waals surface area contributed by atoms with Gasteiger partial charge in [0.1, 0.15) is 29.2 Å². The predicted molar refractivity (Wildman–Crippen MR) is 113 cm³/mol. The van der Waals surface area contributed by atoms with Crippen molar-refractivity contribution in [2.75, 3.05) is 11.5 Å². The van der Waals surface area contributed by atoms with E-state index in [2.05, 4.69) is 0 Å². The quantitative estimate of drug-likeness (QED) is 0.342. The minimum atomic E-state index is -1.05. The molecule has 1 aliphatic heterocycles. The normalized spacial score (nSPS) is 17.9. The molecule has 0 radical (unpaired) electrons. The molecule has 1 aliphatic rings. The van der Waals surface area contributed by atoms with Crippen LogP contribution in [-0.2, 0) is 9.59 Å². The Hall–Kier alpha value is -3.52. The third-order valence-electron chi connectivity index (χ3n) is 4.87. The molecule has 1 aromatic heterocycles. The lowest BCUT2D eigenvalue weighted by atomic mass is 9.99. The summed E-state index contributed by atoms with van der Waals surface area (Å²) in [6.07, 6.45) is 0. The Kier molecular flexibility index (Phi) is 5.56. The number of halogens is 2. The molecule has 1 saturated heterocycles. The molecule has 31 heavy (non-hydrogen) atoms. The van der Waals surface area contributed by atoms with E-state index in [1.807, 2.05) is 6.92 Å². The maximum absolute atomic E-state index is 14.6. The van der Waals surface area contributed by atoms with Gasteiger partial charge in [-0.3, -0.25) is 14.5 Å². The summed E-state index contributed by atoms with van der Waals surface area (Å²) in [6, 6.07) is 11.5. The zero-order chi connectivity index (χ0) is 22.1. The van der Waals surface area contributed by atoms with E-state index in [0.29, 0.717) is 28.9 Å². The summed E-state index contributed by atoms with van der Waals surface area (Å²) in [5, 5.41) is 12.7. The van der Waals surface area contributed by atoms with Gasteiger partial charge in [0.25, 0.3) is 11.7 Å². The predicted octanol–water partition coefficient (Wildman–Crippen LogP) is 5.05. The zero-order valence-electron chi connectivity index (χ0n) is 16.3. The van der Waals surface area contributed by atoms with Crippen molar-refractivity contribution in [1.82, 2.24) is 0 Å². The number of aliphatic hydroxyl groups is 1. The summed E-state index contributed by atoms with van der Waals surface area (Å²) < 4.78 is 33.4. The van der Waals surface area contributed by atoms with Crippen molar-refractivity contribution in [1.29, 1.82) is 0 Å². The highest BCUT2D eigenvalue weighted by molar-refractivity contribution is 7.10. The molecule has 5 nitrogen and oxygen atoms in total. The van der Waals surface area contributed by atoms with Gasteiger partial charge in [-0.15, -0.1) is 11.3 Å². The summed E-state index contributed by atoms with van der Waals surface area (Å²) >= 11 is 1.25. The summed E-state index contributed by atoms with van der Waals surface area (Å²) in [4.78, 5) is 27.3. The van der Waals surface area contributed by atoms with Crippen LogP contribution < -0.4 is 9.64 Å². The minimum absolute atomic E-state index is 0.166. The number of hydrogen-bond acceptors (Lipinski definition) is 5. The molecule has 0 saturated carbocycles. The third-order valence-corrected chi connectivity index (χ3v) is 5.79. The summed E-state index contributed by atoms with van der Waals surface area (Å²) in [5.41, 5.74) is -0.101. The van der Waals surface area contributed by atoms with Gasteiger partial charge in [0.15, 0.2) is 0 Å². The first-order valence-electron chi connectivity index (χ1n) is 9.45. The Morgan fingerprint density at radius 1 is 1.13 bits per heavy atom. The smallest absolute Gasteiger partial charge is 0.300 e. The highest BCUT2D eigenvalue weighted by Crippen LogP contribution is 2.44. The molecular formula is C23H17F2NO4S. The minimum Gasteiger partial charge on any atom is -0.507 e. The number of carbonyl (C=O) groups excluding carboxylic acids is 2. The van der Waals surface area contributed by atoms with Gasteiger partial charge in [-0.1, -0.05) is 6.07 Å². The summed E-state index contributed by atoms with van der Waals surface area (Å²) in [7, 11) is 0. The monoisotopic (exact) mass is 441 g/mol. The van der Waals surface area contributed by atoms with Crippen LogP contribution in [0.1, 0.15) is 23.4 Å². The Morgan fingerprint density at radius 3 is 2.48 bits per heavy atom. The number of nitrogens with zero attached hydrogens (tertiary/aromatic N) is 1. The molecule has 1 amide bonds. The van der Waals surface area contributed by atoms with Crippen LogP contribution in [0, 0.1) is 11.6 Å². The van der Waals surface area contributed by atoms with Crippen LogP contribution in [0.25, 0.3) is 5.76 Å². The molecular weight excluding hydrogens is 424 g/mol. The van der Waals surface area contributed by atoms with Crippen molar-refractivity contribution in [2.24, 2.45) is 0 Å².